The van der Waals surface area contributed by atoms with Crippen LogP contribution in [0.15, 0.2) is 36.4 Å². The Morgan fingerprint density at radius 1 is 1.07 bits per heavy atom. The van der Waals surface area contributed by atoms with Gasteiger partial charge in [-0.25, -0.2) is 4.79 Å². The molecule has 4 rings (SSSR count). The second kappa shape index (κ2) is 7.32. The highest BCUT2D eigenvalue weighted by Gasteiger charge is 2.17. The number of thiophene rings is 1. The molecule has 0 unspecified atom stereocenters. The Labute approximate surface area is 159 Å². The zero-order chi connectivity index (χ0) is 18.8. The topological polar surface area (TPSA) is 97.1 Å². The first-order chi connectivity index (χ1) is 13.1. The van der Waals surface area contributed by atoms with Crippen LogP contribution in [0.4, 0.5) is 5.69 Å². The number of benzene rings is 1. The Bertz CT molecular complexity index is 1010. The molecule has 2 N–H and O–H groups in total. The SMILES string of the molecule is O=C(O)c1ccc(C(=O)Nc2cccc(-c3nnc4n3CCCCC4)c2)s1. The minimum absolute atomic E-state index is 0.139. The van der Waals surface area contributed by atoms with Crippen LogP contribution in [0.1, 0.15) is 44.4 Å². The van der Waals surface area contributed by atoms with Gasteiger partial charge in [0.2, 0.25) is 0 Å². The molecule has 1 aromatic carbocycles. The number of aromatic carboxylic acids is 1. The first-order valence-electron chi connectivity index (χ1n) is 8.79. The van der Waals surface area contributed by atoms with E-state index in [1.165, 1.54) is 18.6 Å². The Morgan fingerprint density at radius 3 is 2.74 bits per heavy atom. The first kappa shape index (κ1) is 17.4. The zero-order valence-electron chi connectivity index (χ0n) is 14.5. The molecule has 0 atom stereocenters. The maximum Gasteiger partial charge on any atom is 0.345 e. The van der Waals surface area contributed by atoms with E-state index in [1.807, 2.05) is 18.2 Å². The van der Waals surface area contributed by atoms with Crippen LogP contribution in [0.5, 0.6) is 0 Å². The van der Waals surface area contributed by atoms with E-state index in [-0.39, 0.29) is 10.8 Å². The molecule has 7 nitrogen and oxygen atoms in total. The van der Waals surface area contributed by atoms with Crippen LogP contribution in [0.2, 0.25) is 0 Å². The van der Waals surface area contributed by atoms with E-state index in [4.69, 9.17) is 5.11 Å². The summed E-state index contributed by atoms with van der Waals surface area (Å²) in [5.74, 6) is 0.460. The van der Waals surface area contributed by atoms with E-state index >= 15 is 0 Å². The number of hydrogen-bond acceptors (Lipinski definition) is 5. The number of aryl methyl sites for hydroxylation is 1. The molecular weight excluding hydrogens is 364 g/mol. The number of carboxylic acids is 1. The second-order valence-corrected chi connectivity index (χ2v) is 7.49. The van der Waals surface area contributed by atoms with Crippen molar-refractivity contribution in [3.8, 4) is 11.4 Å². The van der Waals surface area contributed by atoms with Gasteiger partial charge in [-0.3, -0.25) is 4.79 Å². The lowest BCUT2D eigenvalue weighted by Crippen LogP contribution is -2.10. The number of rotatable bonds is 4. The van der Waals surface area contributed by atoms with Crippen molar-refractivity contribution in [1.29, 1.82) is 0 Å². The fourth-order valence-corrected chi connectivity index (χ4v) is 3.94. The third kappa shape index (κ3) is 3.61. The van der Waals surface area contributed by atoms with Gasteiger partial charge in [0.15, 0.2) is 5.82 Å². The number of nitrogens with one attached hydrogen (secondary N) is 1. The standard InChI is InChI=1S/C19H18N4O3S/c24-18(14-8-9-15(27-14)19(25)26)20-13-6-4-5-12(11-13)17-22-21-16-7-2-1-3-10-23(16)17/h4-6,8-9,11H,1-3,7,10H2,(H,20,24)(H,25,26). The molecule has 0 saturated heterocycles. The largest absolute Gasteiger partial charge is 0.477 e. The molecule has 0 fully saturated rings. The van der Waals surface area contributed by atoms with Gasteiger partial charge < -0.3 is 15.0 Å². The van der Waals surface area contributed by atoms with Crippen molar-refractivity contribution < 1.29 is 14.7 Å². The van der Waals surface area contributed by atoms with E-state index in [0.29, 0.717) is 10.6 Å². The maximum absolute atomic E-state index is 12.4. The zero-order valence-corrected chi connectivity index (χ0v) is 15.3. The van der Waals surface area contributed by atoms with Gasteiger partial charge in [0.25, 0.3) is 5.91 Å². The molecule has 0 bridgehead atoms. The molecule has 1 aliphatic rings. The Hall–Kier alpha value is -3.00. The van der Waals surface area contributed by atoms with E-state index in [1.54, 1.807) is 6.07 Å². The number of carbonyl (C=O) groups is 2. The summed E-state index contributed by atoms with van der Waals surface area (Å²) in [6.45, 7) is 0.904. The summed E-state index contributed by atoms with van der Waals surface area (Å²) >= 11 is 0.953. The lowest BCUT2D eigenvalue weighted by Gasteiger charge is -2.09. The highest BCUT2D eigenvalue weighted by atomic mass is 32.1. The average molecular weight is 382 g/mol. The van der Waals surface area contributed by atoms with Crippen molar-refractivity contribution in [2.24, 2.45) is 0 Å². The minimum Gasteiger partial charge on any atom is -0.477 e. The van der Waals surface area contributed by atoms with E-state index in [9.17, 15) is 9.59 Å². The summed E-state index contributed by atoms with van der Waals surface area (Å²) in [4.78, 5) is 23.9. The van der Waals surface area contributed by atoms with Crippen molar-refractivity contribution in [3.63, 3.8) is 0 Å². The van der Waals surface area contributed by atoms with Gasteiger partial charge >= 0.3 is 5.97 Å². The van der Waals surface area contributed by atoms with Crippen molar-refractivity contribution in [2.75, 3.05) is 5.32 Å². The summed E-state index contributed by atoms with van der Waals surface area (Å²) < 4.78 is 2.16. The molecule has 0 radical (unpaired) electrons. The van der Waals surface area contributed by atoms with Crippen molar-refractivity contribution in [3.05, 3.63) is 52.0 Å². The number of amides is 1. The molecule has 1 aliphatic heterocycles. The van der Waals surface area contributed by atoms with Crippen LogP contribution >= 0.6 is 11.3 Å². The van der Waals surface area contributed by atoms with Gasteiger partial charge in [0.05, 0.1) is 4.88 Å². The van der Waals surface area contributed by atoms with Crippen LogP contribution in [0.25, 0.3) is 11.4 Å². The van der Waals surface area contributed by atoms with Crippen LogP contribution < -0.4 is 5.32 Å². The molecule has 1 amide bonds. The number of nitrogens with zero attached hydrogens (tertiary/aromatic N) is 3. The normalized spacial score (nSPS) is 13.6. The fourth-order valence-electron chi connectivity index (χ4n) is 3.20. The molecule has 2 aromatic heterocycles. The summed E-state index contributed by atoms with van der Waals surface area (Å²) in [6.07, 6.45) is 4.37. The smallest absolute Gasteiger partial charge is 0.345 e. The summed E-state index contributed by atoms with van der Waals surface area (Å²) in [6, 6.07) is 10.4. The highest BCUT2D eigenvalue weighted by Crippen LogP contribution is 2.25. The fraction of sp³-hybridized carbons (Fsp3) is 0.263. The van der Waals surface area contributed by atoms with Gasteiger partial charge in [-0.05, 0) is 37.1 Å². The van der Waals surface area contributed by atoms with Gasteiger partial charge in [-0.2, -0.15) is 0 Å². The molecule has 27 heavy (non-hydrogen) atoms. The van der Waals surface area contributed by atoms with Crippen LogP contribution in [0.3, 0.4) is 0 Å². The van der Waals surface area contributed by atoms with E-state index in [2.05, 4.69) is 20.1 Å². The van der Waals surface area contributed by atoms with Crippen molar-refractivity contribution in [2.45, 2.75) is 32.2 Å². The summed E-state index contributed by atoms with van der Waals surface area (Å²) in [5, 5.41) is 20.5. The molecule has 8 heteroatoms. The third-order valence-corrected chi connectivity index (χ3v) is 5.60. The Kier molecular flexibility index (Phi) is 4.72. The number of aromatic nitrogens is 3. The number of hydrogen-bond donors (Lipinski definition) is 2. The molecule has 3 heterocycles. The molecule has 3 aromatic rings. The monoisotopic (exact) mass is 382 g/mol. The average Bonchev–Trinajstić information content (AvgIpc) is 3.24. The van der Waals surface area contributed by atoms with Crippen LogP contribution in [-0.2, 0) is 13.0 Å². The third-order valence-electron chi connectivity index (χ3n) is 4.53. The molecule has 0 saturated carbocycles. The van der Waals surface area contributed by atoms with Gasteiger partial charge in [0, 0.05) is 24.2 Å². The van der Waals surface area contributed by atoms with E-state index in [0.717, 1.165) is 54.4 Å². The number of carbonyl (C=O) groups excluding carboxylic acids is 1. The van der Waals surface area contributed by atoms with Gasteiger partial charge in [-0.15, -0.1) is 21.5 Å². The van der Waals surface area contributed by atoms with E-state index < -0.39 is 5.97 Å². The Morgan fingerprint density at radius 2 is 1.93 bits per heavy atom. The predicted octanol–water partition coefficient (Wildman–Crippen LogP) is 3.68. The molecular formula is C19H18N4O3S. The van der Waals surface area contributed by atoms with Gasteiger partial charge in [0.1, 0.15) is 10.7 Å². The lowest BCUT2D eigenvalue weighted by atomic mass is 10.2. The maximum atomic E-state index is 12.4. The summed E-state index contributed by atoms with van der Waals surface area (Å²) in [7, 11) is 0. The molecule has 0 spiro atoms. The van der Waals surface area contributed by atoms with Crippen molar-refractivity contribution in [1.82, 2.24) is 14.8 Å². The Balaban J connectivity index is 1.57. The minimum atomic E-state index is -1.03. The number of fused-ring (bicyclic) bond motifs is 1. The lowest BCUT2D eigenvalue weighted by molar-refractivity contribution is 0.0702. The summed E-state index contributed by atoms with van der Waals surface area (Å²) in [5.41, 5.74) is 1.53. The van der Waals surface area contributed by atoms with Crippen LogP contribution in [0, 0.1) is 0 Å². The van der Waals surface area contributed by atoms with Crippen LogP contribution in [-0.4, -0.2) is 31.7 Å². The predicted molar refractivity (Wildman–Crippen MR) is 102 cm³/mol. The molecule has 138 valence electrons. The highest BCUT2D eigenvalue weighted by molar-refractivity contribution is 7.15. The number of anilines is 1. The van der Waals surface area contributed by atoms with Crippen molar-refractivity contribution >= 4 is 28.9 Å². The second-order valence-electron chi connectivity index (χ2n) is 6.41. The first-order valence-corrected chi connectivity index (χ1v) is 9.60. The molecule has 0 aliphatic carbocycles. The number of carboxylic acid groups (broad SMARTS) is 1. The van der Waals surface area contributed by atoms with Gasteiger partial charge in [-0.1, -0.05) is 18.6 Å². The quantitative estimate of drug-likeness (QED) is 0.717.